The van der Waals surface area contributed by atoms with Crippen LogP contribution in [-0.2, 0) is 17.8 Å². The maximum absolute atomic E-state index is 13.2. The number of hydrogen-bond acceptors (Lipinski definition) is 3. The largest absolute Gasteiger partial charge is 0.351 e. The molecule has 6 heteroatoms. The summed E-state index contributed by atoms with van der Waals surface area (Å²) in [4.78, 5) is 14.7. The van der Waals surface area contributed by atoms with Gasteiger partial charge >= 0.3 is 0 Å². The van der Waals surface area contributed by atoms with Crippen LogP contribution in [0.1, 0.15) is 24.0 Å². The minimum absolute atomic E-state index is 0.0623. The molecule has 2 atom stereocenters. The van der Waals surface area contributed by atoms with Crippen molar-refractivity contribution < 1.29 is 9.18 Å². The molecule has 144 valence electrons. The number of piperidine rings is 1. The van der Waals surface area contributed by atoms with E-state index < -0.39 is 6.04 Å². The molecule has 3 N–H and O–H groups in total. The van der Waals surface area contributed by atoms with Gasteiger partial charge in [0.05, 0.1) is 6.04 Å². The van der Waals surface area contributed by atoms with Gasteiger partial charge in [0.1, 0.15) is 5.82 Å². The molecule has 0 radical (unpaired) electrons. The van der Waals surface area contributed by atoms with Crippen LogP contribution in [-0.4, -0.2) is 36.0 Å². The Morgan fingerprint density at radius 2 is 2.07 bits per heavy atom. The summed E-state index contributed by atoms with van der Waals surface area (Å²) >= 11 is 6.14. The Morgan fingerprint density at radius 3 is 2.81 bits per heavy atom. The molecule has 4 nitrogen and oxygen atoms in total. The highest BCUT2D eigenvalue weighted by Crippen LogP contribution is 2.21. The van der Waals surface area contributed by atoms with Crippen LogP contribution in [0.4, 0.5) is 4.39 Å². The summed E-state index contributed by atoms with van der Waals surface area (Å²) in [6.45, 7) is 2.30. The van der Waals surface area contributed by atoms with Gasteiger partial charge in [-0.05, 0) is 49.1 Å². The van der Waals surface area contributed by atoms with Crippen molar-refractivity contribution in [3.05, 3.63) is 70.5 Å². The Labute approximate surface area is 164 Å². The molecule has 1 fully saturated rings. The zero-order valence-corrected chi connectivity index (χ0v) is 16.0. The van der Waals surface area contributed by atoms with Gasteiger partial charge in [-0.1, -0.05) is 48.0 Å². The number of nitrogens with two attached hydrogens (primary N) is 1. The van der Waals surface area contributed by atoms with Crippen molar-refractivity contribution in [2.75, 3.05) is 13.1 Å². The van der Waals surface area contributed by atoms with Gasteiger partial charge in [0.15, 0.2) is 0 Å². The van der Waals surface area contributed by atoms with E-state index in [1.165, 1.54) is 12.1 Å². The molecule has 2 aromatic carbocycles. The van der Waals surface area contributed by atoms with Crippen LogP contribution >= 0.6 is 11.6 Å². The minimum Gasteiger partial charge on any atom is -0.351 e. The van der Waals surface area contributed by atoms with Crippen molar-refractivity contribution in [1.29, 1.82) is 0 Å². The highest BCUT2D eigenvalue weighted by atomic mass is 35.5. The Bertz CT molecular complexity index is 771. The summed E-state index contributed by atoms with van der Waals surface area (Å²) in [6.07, 6.45) is 2.43. The summed E-state index contributed by atoms with van der Waals surface area (Å²) in [7, 11) is 0. The average molecular weight is 390 g/mol. The summed E-state index contributed by atoms with van der Waals surface area (Å²) in [5, 5.41) is 3.52. The molecule has 1 aliphatic heterocycles. The van der Waals surface area contributed by atoms with E-state index >= 15 is 0 Å². The zero-order chi connectivity index (χ0) is 19.2. The van der Waals surface area contributed by atoms with E-state index in [4.69, 9.17) is 17.3 Å². The summed E-state index contributed by atoms with van der Waals surface area (Å²) in [6, 6.07) is 13.8. The molecule has 0 aromatic heterocycles. The van der Waals surface area contributed by atoms with Crippen LogP contribution in [0.5, 0.6) is 0 Å². The fourth-order valence-electron chi connectivity index (χ4n) is 3.48. The van der Waals surface area contributed by atoms with Crippen LogP contribution in [0.25, 0.3) is 0 Å². The van der Waals surface area contributed by atoms with Gasteiger partial charge in [-0.15, -0.1) is 0 Å². The second-order valence-electron chi connectivity index (χ2n) is 7.11. The maximum atomic E-state index is 13.2. The Kier molecular flexibility index (Phi) is 6.83. The van der Waals surface area contributed by atoms with Crippen LogP contribution < -0.4 is 11.1 Å². The first kappa shape index (κ1) is 19.8. The highest BCUT2D eigenvalue weighted by Gasteiger charge is 2.24. The molecular weight excluding hydrogens is 365 g/mol. The van der Waals surface area contributed by atoms with Crippen molar-refractivity contribution in [3.8, 4) is 0 Å². The van der Waals surface area contributed by atoms with E-state index in [1.807, 2.05) is 30.3 Å². The lowest BCUT2D eigenvalue weighted by Gasteiger charge is -2.33. The second kappa shape index (κ2) is 9.31. The first-order chi connectivity index (χ1) is 13.0. The van der Waals surface area contributed by atoms with Gasteiger partial charge in [-0.25, -0.2) is 4.39 Å². The van der Waals surface area contributed by atoms with Gasteiger partial charge in [0.2, 0.25) is 5.91 Å². The highest BCUT2D eigenvalue weighted by molar-refractivity contribution is 6.31. The molecule has 0 saturated carbocycles. The standard InChI is InChI=1S/C21H25ClFN3O/c22-19-12-17(23)9-8-16(19)13-26-10-4-7-18(14-26)25-21(27)20(24)11-15-5-2-1-3-6-15/h1-3,5-6,8-9,12,18,20H,4,7,10-11,13-14,24H2,(H,25,27). The number of halogens is 2. The van der Waals surface area contributed by atoms with E-state index in [0.29, 0.717) is 18.0 Å². The molecule has 0 spiro atoms. The first-order valence-corrected chi connectivity index (χ1v) is 9.65. The molecule has 2 aromatic rings. The molecule has 0 bridgehead atoms. The predicted octanol–water partition coefficient (Wildman–Crippen LogP) is 3.13. The summed E-state index contributed by atoms with van der Waals surface area (Å²) < 4.78 is 13.2. The molecule has 0 aliphatic carbocycles. The van der Waals surface area contributed by atoms with Crippen molar-refractivity contribution >= 4 is 17.5 Å². The molecule has 1 heterocycles. The number of amides is 1. The van der Waals surface area contributed by atoms with Gasteiger partial charge in [0, 0.05) is 24.2 Å². The predicted molar refractivity (Wildman–Crippen MR) is 106 cm³/mol. The third-order valence-electron chi connectivity index (χ3n) is 4.90. The number of likely N-dealkylation sites (tertiary alicyclic amines) is 1. The van der Waals surface area contributed by atoms with Gasteiger partial charge in [-0.2, -0.15) is 0 Å². The molecule has 2 unspecified atom stereocenters. The normalized spacial score (nSPS) is 18.9. The van der Waals surface area contributed by atoms with Crippen LogP contribution in [0.3, 0.4) is 0 Å². The van der Waals surface area contributed by atoms with Crippen molar-refractivity contribution in [2.45, 2.75) is 37.9 Å². The summed E-state index contributed by atoms with van der Waals surface area (Å²) in [5.74, 6) is -0.453. The molecular formula is C21H25ClFN3O. The molecule has 27 heavy (non-hydrogen) atoms. The fourth-order valence-corrected chi connectivity index (χ4v) is 3.70. The van der Waals surface area contributed by atoms with Crippen LogP contribution in [0.15, 0.2) is 48.5 Å². The number of benzene rings is 2. The smallest absolute Gasteiger partial charge is 0.237 e. The van der Waals surface area contributed by atoms with E-state index in [-0.39, 0.29) is 17.8 Å². The third kappa shape index (κ3) is 5.76. The molecule has 3 rings (SSSR count). The van der Waals surface area contributed by atoms with E-state index in [1.54, 1.807) is 6.07 Å². The van der Waals surface area contributed by atoms with E-state index in [2.05, 4.69) is 10.2 Å². The number of nitrogens with one attached hydrogen (secondary N) is 1. The molecule has 1 amide bonds. The molecule has 1 saturated heterocycles. The van der Waals surface area contributed by atoms with Gasteiger partial charge < -0.3 is 11.1 Å². The lowest BCUT2D eigenvalue weighted by molar-refractivity contribution is -0.123. The summed E-state index contributed by atoms with van der Waals surface area (Å²) in [5.41, 5.74) is 8.03. The lowest BCUT2D eigenvalue weighted by atomic mass is 10.0. The lowest BCUT2D eigenvalue weighted by Crippen LogP contribution is -2.52. The quantitative estimate of drug-likeness (QED) is 0.798. The monoisotopic (exact) mass is 389 g/mol. The van der Waals surface area contributed by atoms with Crippen LogP contribution in [0, 0.1) is 5.82 Å². The number of carbonyl (C=O) groups is 1. The van der Waals surface area contributed by atoms with Crippen molar-refractivity contribution in [3.63, 3.8) is 0 Å². The maximum Gasteiger partial charge on any atom is 0.237 e. The van der Waals surface area contributed by atoms with Crippen molar-refractivity contribution in [1.82, 2.24) is 10.2 Å². The Morgan fingerprint density at radius 1 is 1.30 bits per heavy atom. The topological polar surface area (TPSA) is 58.4 Å². The number of hydrogen-bond donors (Lipinski definition) is 2. The number of nitrogens with zero attached hydrogens (tertiary/aromatic N) is 1. The second-order valence-corrected chi connectivity index (χ2v) is 7.52. The van der Waals surface area contributed by atoms with Gasteiger partial charge in [0.25, 0.3) is 0 Å². The van der Waals surface area contributed by atoms with Crippen LogP contribution in [0.2, 0.25) is 5.02 Å². The third-order valence-corrected chi connectivity index (χ3v) is 5.25. The Hall–Kier alpha value is -1.95. The Balaban J connectivity index is 1.52. The van der Waals surface area contributed by atoms with E-state index in [9.17, 15) is 9.18 Å². The number of rotatable bonds is 6. The SMILES string of the molecule is NC(Cc1ccccc1)C(=O)NC1CCCN(Cc2ccc(F)cc2Cl)C1. The van der Waals surface area contributed by atoms with E-state index in [0.717, 1.165) is 37.1 Å². The van der Waals surface area contributed by atoms with Gasteiger partial charge in [-0.3, -0.25) is 9.69 Å². The average Bonchev–Trinajstić information content (AvgIpc) is 2.65. The molecule has 1 aliphatic rings. The number of carbonyl (C=O) groups excluding carboxylic acids is 1. The minimum atomic E-state index is -0.561. The van der Waals surface area contributed by atoms with Crippen molar-refractivity contribution in [2.24, 2.45) is 5.73 Å². The fraction of sp³-hybridized carbons (Fsp3) is 0.381. The first-order valence-electron chi connectivity index (χ1n) is 9.27. The zero-order valence-electron chi connectivity index (χ0n) is 15.2.